The molecule has 0 aromatic heterocycles. The molecule has 4 rings (SSSR count). The average Bonchev–Trinajstić information content (AvgIpc) is 2.69. The van der Waals surface area contributed by atoms with E-state index in [-0.39, 0.29) is 22.9 Å². The van der Waals surface area contributed by atoms with Crippen LogP contribution in [0.1, 0.15) is 44.1 Å². The predicted molar refractivity (Wildman–Crippen MR) is 111 cm³/mol. The normalized spacial score (nSPS) is 33.4. The molecule has 4 nitrogen and oxygen atoms in total. The number of rotatable bonds is 5. The maximum absolute atomic E-state index is 9.62. The van der Waals surface area contributed by atoms with Gasteiger partial charge < -0.3 is 19.3 Å². The van der Waals surface area contributed by atoms with Crippen LogP contribution in [0.15, 0.2) is 30.3 Å². The van der Waals surface area contributed by atoms with Gasteiger partial charge >= 0.3 is 0 Å². The van der Waals surface area contributed by atoms with Crippen molar-refractivity contribution in [1.82, 2.24) is 0 Å². The molecule has 0 radical (unpaired) electrons. The minimum atomic E-state index is -0.554. The monoisotopic (exact) mass is 410 g/mol. The lowest BCUT2D eigenvalue weighted by Crippen LogP contribution is -2.56. The number of ether oxygens (including phenoxy) is 3. The summed E-state index contributed by atoms with van der Waals surface area (Å²) < 4.78 is 19.1. The quantitative estimate of drug-likeness (QED) is 0.785. The zero-order valence-electron chi connectivity index (χ0n) is 15.8. The van der Waals surface area contributed by atoms with Crippen LogP contribution in [-0.2, 0) is 20.8 Å². The number of hydrogen-bond acceptors (Lipinski definition) is 6. The Bertz CT molecular complexity index is 593. The van der Waals surface area contributed by atoms with Crippen LogP contribution in [-0.4, -0.2) is 51.9 Å². The van der Waals surface area contributed by atoms with E-state index in [0.29, 0.717) is 13.2 Å². The molecule has 0 saturated carbocycles. The Kier molecular flexibility index (Phi) is 6.72. The Morgan fingerprint density at radius 1 is 1.07 bits per heavy atom. The molecule has 0 aliphatic carbocycles. The van der Waals surface area contributed by atoms with Gasteiger partial charge in [-0.1, -0.05) is 30.3 Å². The predicted octanol–water partition coefficient (Wildman–Crippen LogP) is 4.21. The first-order valence-corrected chi connectivity index (χ1v) is 12.0. The topological polar surface area (TPSA) is 47.9 Å². The largest absolute Gasteiger partial charge is 0.394 e. The van der Waals surface area contributed by atoms with Crippen LogP contribution in [0.3, 0.4) is 0 Å². The summed E-state index contributed by atoms with van der Waals surface area (Å²) in [7, 11) is 0. The van der Waals surface area contributed by atoms with Crippen molar-refractivity contribution in [2.45, 2.75) is 67.2 Å². The third-order valence-electron chi connectivity index (χ3n) is 5.56. The molecule has 150 valence electrons. The van der Waals surface area contributed by atoms with Crippen molar-refractivity contribution >= 4 is 23.5 Å². The van der Waals surface area contributed by atoms with E-state index in [1.54, 1.807) is 0 Å². The van der Waals surface area contributed by atoms with Crippen molar-refractivity contribution in [2.24, 2.45) is 0 Å². The molecule has 3 fully saturated rings. The van der Waals surface area contributed by atoms with E-state index in [4.69, 9.17) is 14.2 Å². The highest BCUT2D eigenvalue weighted by atomic mass is 32.2. The van der Waals surface area contributed by atoms with Crippen LogP contribution in [0.2, 0.25) is 0 Å². The van der Waals surface area contributed by atoms with Crippen LogP contribution in [0.5, 0.6) is 0 Å². The van der Waals surface area contributed by atoms with Gasteiger partial charge in [-0.05, 0) is 42.8 Å². The number of aliphatic hydroxyl groups is 1. The molecule has 0 unspecified atom stereocenters. The third-order valence-corrected chi connectivity index (χ3v) is 8.93. The smallest absolute Gasteiger partial charge is 0.171 e. The highest BCUT2D eigenvalue weighted by molar-refractivity contribution is 8.18. The summed E-state index contributed by atoms with van der Waals surface area (Å²) in [5.74, 6) is 1.87. The van der Waals surface area contributed by atoms with Gasteiger partial charge in [-0.25, -0.2) is 0 Å². The van der Waals surface area contributed by atoms with Gasteiger partial charge in [-0.3, -0.25) is 0 Å². The summed E-state index contributed by atoms with van der Waals surface area (Å²) in [4.78, 5) is 0. The molecule has 0 bridgehead atoms. The second-order valence-electron chi connectivity index (χ2n) is 7.81. The molecule has 1 aromatic rings. The van der Waals surface area contributed by atoms with Crippen molar-refractivity contribution in [2.75, 3.05) is 24.7 Å². The highest BCUT2D eigenvalue weighted by Gasteiger charge is 2.53. The average molecular weight is 411 g/mol. The van der Waals surface area contributed by atoms with E-state index >= 15 is 0 Å². The summed E-state index contributed by atoms with van der Waals surface area (Å²) in [5, 5.41) is 9.62. The van der Waals surface area contributed by atoms with Crippen LogP contribution < -0.4 is 0 Å². The molecule has 2 spiro atoms. The van der Waals surface area contributed by atoms with Gasteiger partial charge in [0.15, 0.2) is 5.79 Å². The van der Waals surface area contributed by atoms with Crippen molar-refractivity contribution in [1.29, 1.82) is 0 Å². The first-order chi connectivity index (χ1) is 13.2. The van der Waals surface area contributed by atoms with Gasteiger partial charge in [-0.15, -0.1) is 23.5 Å². The molecule has 3 heterocycles. The lowest BCUT2D eigenvalue weighted by Gasteiger charge is -2.53. The minimum absolute atomic E-state index is 0.0398. The van der Waals surface area contributed by atoms with E-state index in [9.17, 15) is 5.11 Å². The number of thioether (sulfide) groups is 2. The SMILES string of the molecule is OC[C@H]1CCC[C@@]2(CC3(C[C@H](COCc4ccccc4)O2)SCCCS3)O1. The Balaban J connectivity index is 1.43. The standard InChI is InChI=1S/C21H30O4S2/c22-13-18-8-4-9-20(24-18)16-21(26-10-5-11-27-21)12-19(25-20)15-23-14-17-6-2-1-3-7-17/h1-3,6-7,18-19,22H,4-5,8-16H2/t18-,19-,20-/m1/s1. The summed E-state index contributed by atoms with van der Waals surface area (Å²) >= 11 is 4.16. The Morgan fingerprint density at radius 2 is 1.85 bits per heavy atom. The molecule has 1 N–H and O–H groups in total. The minimum Gasteiger partial charge on any atom is -0.394 e. The Hall–Kier alpha value is -0.240. The summed E-state index contributed by atoms with van der Waals surface area (Å²) in [5.41, 5.74) is 1.19. The fourth-order valence-electron chi connectivity index (χ4n) is 4.39. The van der Waals surface area contributed by atoms with E-state index < -0.39 is 5.79 Å². The van der Waals surface area contributed by atoms with Crippen LogP contribution in [0.25, 0.3) is 0 Å². The Morgan fingerprint density at radius 3 is 2.63 bits per heavy atom. The van der Waals surface area contributed by atoms with Crippen molar-refractivity contribution in [3.05, 3.63) is 35.9 Å². The van der Waals surface area contributed by atoms with Gasteiger partial charge in [0.05, 0.1) is 36.1 Å². The molecule has 1 aromatic carbocycles. The van der Waals surface area contributed by atoms with Gasteiger partial charge in [0.2, 0.25) is 0 Å². The van der Waals surface area contributed by atoms with Crippen LogP contribution in [0.4, 0.5) is 0 Å². The molecule has 3 aliphatic rings. The fourth-order valence-corrected chi connectivity index (χ4v) is 7.98. The van der Waals surface area contributed by atoms with E-state index in [1.165, 1.54) is 23.5 Å². The van der Waals surface area contributed by atoms with Crippen LogP contribution in [0, 0.1) is 0 Å². The van der Waals surface area contributed by atoms with Crippen molar-refractivity contribution in [3.63, 3.8) is 0 Å². The lowest BCUT2D eigenvalue weighted by molar-refractivity contribution is -0.322. The molecule has 3 saturated heterocycles. The molecule has 3 atom stereocenters. The maximum Gasteiger partial charge on any atom is 0.171 e. The summed E-state index contributed by atoms with van der Waals surface area (Å²) in [6, 6.07) is 10.3. The third kappa shape index (κ3) is 5.03. The summed E-state index contributed by atoms with van der Waals surface area (Å²) in [6.45, 7) is 1.28. The Labute approximate surface area is 170 Å². The summed E-state index contributed by atoms with van der Waals surface area (Å²) in [6.07, 6.45) is 6.03. The number of aliphatic hydroxyl groups excluding tert-OH is 1. The number of benzene rings is 1. The second kappa shape index (κ2) is 9.06. The van der Waals surface area contributed by atoms with Crippen LogP contribution >= 0.6 is 23.5 Å². The molecular formula is C21H30O4S2. The van der Waals surface area contributed by atoms with Gasteiger partial charge in [0, 0.05) is 12.8 Å². The second-order valence-corrected chi connectivity index (χ2v) is 11.0. The molecular weight excluding hydrogens is 380 g/mol. The van der Waals surface area contributed by atoms with E-state index in [1.807, 2.05) is 18.2 Å². The number of hydrogen-bond donors (Lipinski definition) is 1. The zero-order chi connectivity index (χ0) is 18.6. The highest BCUT2D eigenvalue weighted by Crippen LogP contribution is 2.56. The van der Waals surface area contributed by atoms with Crippen molar-refractivity contribution < 1.29 is 19.3 Å². The maximum atomic E-state index is 9.62. The molecule has 0 amide bonds. The van der Waals surface area contributed by atoms with Gasteiger partial charge in [0.25, 0.3) is 0 Å². The molecule has 6 heteroatoms. The van der Waals surface area contributed by atoms with Gasteiger partial charge in [-0.2, -0.15) is 0 Å². The van der Waals surface area contributed by atoms with Crippen molar-refractivity contribution in [3.8, 4) is 0 Å². The zero-order valence-corrected chi connectivity index (χ0v) is 17.4. The lowest BCUT2D eigenvalue weighted by atomic mass is 9.92. The molecule has 27 heavy (non-hydrogen) atoms. The molecule has 3 aliphatic heterocycles. The van der Waals surface area contributed by atoms with E-state index in [2.05, 4.69) is 35.7 Å². The first kappa shape index (κ1) is 20.0. The van der Waals surface area contributed by atoms with Gasteiger partial charge in [0.1, 0.15) is 0 Å². The first-order valence-electron chi connectivity index (χ1n) is 10.1. The van der Waals surface area contributed by atoms with E-state index in [0.717, 1.165) is 32.1 Å². The fraction of sp³-hybridized carbons (Fsp3) is 0.714.